The minimum atomic E-state index is -0.0159. The van der Waals surface area contributed by atoms with Gasteiger partial charge in [-0.3, -0.25) is 14.3 Å². The molecule has 3 rings (SSSR count). The average Bonchev–Trinajstić information content (AvgIpc) is 3.30. The van der Waals surface area contributed by atoms with Crippen LogP contribution in [0, 0.1) is 0 Å². The van der Waals surface area contributed by atoms with Gasteiger partial charge in [-0.2, -0.15) is 5.10 Å². The summed E-state index contributed by atoms with van der Waals surface area (Å²) in [5.41, 5.74) is 2.16. The number of H-pyrrole nitrogens is 1. The third kappa shape index (κ3) is 3.45. The second kappa shape index (κ2) is 7.13. The first kappa shape index (κ1) is 17.3. The number of piperazine rings is 1. The summed E-state index contributed by atoms with van der Waals surface area (Å²) in [5, 5.41) is 4.52. The number of hydrogen-bond acceptors (Lipinski definition) is 3. The van der Waals surface area contributed by atoms with Crippen molar-refractivity contribution in [2.45, 2.75) is 33.2 Å². The monoisotopic (exact) mass is 343 g/mol. The number of nitrogens with one attached hydrogen (secondary N) is 1. The number of rotatable bonds is 4. The van der Waals surface area contributed by atoms with Crippen molar-refractivity contribution in [2.24, 2.45) is 0 Å². The van der Waals surface area contributed by atoms with Crippen molar-refractivity contribution in [1.82, 2.24) is 24.6 Å². The number of aromatic amines is 1. The van der Waals surface area contributed by atoms with Crippen LogP contribution in [-0.4, -0.2) is 62.6 Å². The van der Waals surface area contributed by atoms with Crippen molar-refractivity contribution in [1.29, 1.82) is 0 Å². The molecule has 25 heavy (non-hydrogen) atoms. The van der Waals surface area contributed by atoms with Crippen LogP contribution < -0.4 is 0 Å². The molecule has 2 amide bonds. The lowest BCUT2D eigenvalue weighted by molar-refractivity contribution is 0.0526. The smallest absolute Gasteiger partial charge is 0.272 e. The first-order valence-electron chi connectivity index (χ1n) is 8.81. The standard InChI is InChI=1S/C18H25N5O2/c1-4-23-16(12-15(20-23)13(2)3)18(25)22-10-8-21(9-11-22)17(24)14-6-5-7-19-14/h5-7,12-13,19H,4,8-11H2,1-3H3. The zero-order valence-electron chi connectivity index (χ0n) is 15.0. The Balaban J connectivity index is 1.67. The molecule has 0 radical (unpaired) electrons. The molecule has 1 N–H and O–H groups in total. The first-order chi connectivity index (χ1) is 12.0. The van der Waals surface area contributed by atoms with E-state index < -0.39 is 0 Å². The first-order valence-corrected chi connectivity index (χ1v) is 8.81. The van der Waals surface area contributed by atoms with E-state index in [1.807, 2.05) is 24.0 Å². The quantitative estimate of drug-likeness (QED) is 0.922. The molecule has 1 aliphatic rings. The highest BCUT2D eigenvalue weighted by Crippen LogP contribution is 2.17. The van der Waals surface area contributed by atoms with E-state index in [1.165, 1.54) is 0 Å². The summed E-state index contributed by atoms with van der Waals surface area (Å²) in [7, 11) is 0. The van der Waals surface area contributed by atoms with Gasteiger partial charge in [0, 0.05) is 38.9 Å². The number of aryl methyl sites for hydroxylation is 1. The zero-order chi connectivity index (χ0) is 18.0. The van der Waals surface area contributed by atoms with E-state index in [9.17, 15) is 9.59 Å². The van der Waals surface area contributed by atoms with Crippen molar-refractivity contribution in [3.63, 3.8) is 0 Å². The van der Waals surface area contributed by atoms with Gasteiger partial charge in [0.1, 0.15) is 11.4 Å². The van der Waals surface area contributed by atoms with Crippen LogP contribution in [-0.2, 0) is 6.54 Å². The molecular formula is C18H25N5O2. The highest BCUT2D eigenvalue weighted by Gasteiger charge is 2.28. The number of amides is 2. The topological polar surface area (TPSA) is 74.2 Å². The van der Waals surface area contributed by atoms with E-state index in [2.05, 4.69) is 23.9 Å². The minimum absolute atomic E-state index is 0.00628. The molecule has 0 bridgehead atoms. The van der Waals surface area contributed by atoms with Gasteiger partial charge in [-0.1, -0.05) is 13.8 Å². The van der Waals surface area contributed by atoms with Gasteiger partial charge in [-0.05, 0) is 31.0 Å². The molecule has 134 valence electrons. The second-order valence-electron chi connectivity index (χ2n) is 6.59. The van der Waals surface area contributed by atoms with Crippen molar-refractivity contribution >= 4 is 11.8 Å². The van der Waals surface area contributed by atoms with E-state index in [-0.39, 0.29) is 17.7 Å². The maximum atomic E-state index is 12.9. The Morgan fingerprint density at radius 1 is 1.16 bits per heavy atom. The molecule has 2 aromatic rings. The summed E-state index contributed by atoms with van der Waals surface area (Å²) in [6, 6.07) is 5.48. The Morgan fingerprint density at radius 3 is 2.32 bits per heavy atom. The van der Waals surface area contributed by atoms with Crippen molar-refractivity contribution in [2.75, 3.05) is 26.2 Å². The molecule has 7 nitrogen and oxygen atoms in total. The van der Waals surface area contributed by atoms with E-state index in [1.54, 1.807) is 21.8 Å². The van der Waals surface area contributed by atoms with Crippen LogP contribution in [0.25, 0.3) is 0 Å². The minimum Gasteiger partial charge on any atom is -0.357 e. The molecule has 0 spiro atoms. The van der Waals surface area contributed by atoms with Gasteiger partial charge in [-0.25, -0.2) is 0 Å². The maximum absolute atomic E-state index is 12.9. The lowest BCUT2D eigenvalue weighted by Crippen LogP contribution is -2.51. The van der Waals surface area contributed by atoms with Crippen LogP contribution in [0.3, 0.4) is 0 Å². The highest BCUT2D eigenvalue weighted by atomic mass is 16.2. The number of carbonyl (C=O) groups excluding carboxylic acids is 2. The molecular weight excluding hydrogens is 318 g/mol. The van der Waals surface area contributed by atoms with E-state index in [0.717, 1.165) is 5.69 Å². The van der Waals surface area contributed by atoms with Gasteiger partial charge >= 0.3 is 0 Å². The van der Waals surface area contributed by atoms with E-state index >= 15 is 0 Å². The van der Waals surface area contributed by atoms with Crippen molar-refractivity contribution < 1.29 is 9.59 Å². The van der Waals surface area contributed by atoms with Gasteiger partial charge in [0.15, 0.2) is 0 Å². The fourth-order valence-corrected chi connectivity index (χ4v) is 3.04. The summed E-state index contributed by atoms with van der Waals surface area (Å²) in [6.07, 6.45) is 1.74. The summed E-state index contributed by atoms with van der Waals surface area (Å²) in [6.45, 7) is 8.96. The Hall–Kier alpha value is -2.57. The Kier molecular flexibility index (Phi) is 4.92. The predicted octanol–water partition coefficient (Wildman–Crippen LogP) is 1.95. The Bertz CT molecular complexity index is 740. The summed E-state index contributed by atoms with van der Waals surface area (Å²) < 4.78 is 1.77. The zero-order valence-corrected chi connectivity index (χ0v) is 15.0. The van der Waals surface area contributed by atoms with Crippen LogP contribution in [0.2, 0.25) is 0 Å². The molecule has 1 fully saturated rings. The van der Waals surface area contributed by atoms with Gasteiger partial charge in [-0.15, -0.1) is 0 Å². The lowest BCUT2D eigenvalue weighted by Gasteiger charge is -2.34. The lowest BCUT2D eigenvalue weighted by atomic mass is 10.1. The van der Waals surface area contributed by atoms with Crippen LogP contribution >= 0.6 is 0 Å². The van der Waals surface area contributed by atoms with Gasteiger partial charge in [0.05, 0.1) is 5.69 Å². The molecule has 1 aliphatic heterocycles. The van der Waals surface area contributed by atoms with Crippen molar-refractivity contribution in [3.8, 4) is 0 Å². The number of aromatic nitrogens is 3. The van der Waals surface area contributed by atoms with Gasteiger partial charge in [0.25, 0.3) is 11.8 Å². The summed E-state index contributed by atoms with van der Waals surface area (Å²) in [4.78, 5) is 31.8. The molecule has 0 aliphatic carbocycles. The molecule has 0 unspecified atom stereocenters. The van der Waals surface area contributed by atoms with Crippen LogP contribution in [0.15, 0.2) is 24.4 Å². The fraction of sp³-hybridized carbons (Fsp3) is 0.500. The molecule has 0 atom stereocenters. The number of nitrogens with zero attached hydrogens (tertiary/aromatic N) is 4. The van der Waals surface area contributed by atoms with Gasteiger partial charge < -0.3 is 14.8 Å². The molecule has 0 saturated carbocycles. The number of carbonyl (C=O) groups is 2. The van der Waals surface area contributed by atoms with E-state index in [0.29, 0.717) is 44.1 Å². The Labute approximate surface area is 147 Å². The van der Waals surface area contributed by atoms with Crippen molar-refractivity contribution in [3.05, 3.63) is 41.5 Å². The molecule has 7 heteroatoms. The van der Waals surface area contributed by atoms with E-state index in [4.69, 9.17) is 0 Å². The molecule has 0 aromatic carbocycles. The second-order valence-corrected chi connectivity index (χ2v) is 6.59. The predicted molar refractivity (Wildman–Crippen MR) is 94.6 cm³/mol. The average molecular weight is 343 g/mol. The van der Waals surface area contributed by atoms with Gasteiger partial charge in [0.2, 0.25) is 0 Å². The third-order valence-electron chi connectivity index (χ3n) is 4.59. The van der Waals surface area contributed by atoms with Crippen LogP contribution in [0.5, 0.6) is 0 Å². The SMILES string of the molecule is CCn1nc(C(C)C)cc1C(=O)N1CCN(C(=O)c2ccc[nH]2)CC1. The summed E-state index contributed by atoms with van der Waals surface area (Å²) >= 11 is 0. The largest absolute Gasteiger partial charge is 0.357 e. The molecule has 1 saturated heterocycles. The molecule has 3 heterocycles. The third-order valence-corrected chi connectivity index (χ3v) is 4.59. The normalized spacial score (nSPS) is 15.0. The van der Waals surface area contributed by atoms with Crippen LogP contribution in [0.4, 0.5) is 0 Å². The molecule has 2 aromatic heterocycles. The highest BCUT2D eigenvalue weighted by molar-refractivity contribution is 5.94. The fourth-order valence-electron chi connectivity index (χ4n) is 3.04. The summed E-state index contributed by atoms with van der Waals surface area (Å²) in [5.74, 6) is 0.264. The van der Waals surface area contributed by atoms with Crippen LogP contribution in [0.1, 0.15) is 53.4 Å². The maximum Gasteiger partial charge on any atom is 0.272 e. The number of hydrogen-bond donors (Lipinski definition) is 1. The Morgan fingerprint density at radius 2 is 1.80 bits per heavy atom.